The number of hydrogen-bond donors (Lipinski definition) is 0. The third-order valence-electron chi connectivity index (χ3n) is 3.31. The molecule has 1 atom stereocenters. The standard InChI is InChI=1S/C15H17FN2/c1-2-7-18-8-5-12(6-9-18)13-3-4-15(16)14(10-13)11-17/h3-5,8,10,12H,2,6-7,9H2,1H3. The van der Waals surface area contributed by atoms with Crippen molar-refractivity contribution in [2.45, 2.75) is 25.7 Å². The predicted octanol–water partition coefficient (Wildman–Crippen LogP) is 3.41. The monoisotopic (exact) mass is 244 g/mol. The highest BCUT2D eigenvalue weighted by atomic mass is 19.1. The Morgan fingerprint density at radius 1 is 1.50 bits per heavy atom. The van der Waals surface area contributed by atoms with E-state index >= 15 is 0 Å². The molecule has 0 saturated carbocycles. The first-order chi connectivity index (χ1) is 8.74. The Labute approximate surface area is 107 Å². The van der Waals surface area contributed by atoms with E-state index in [-0.39, 0.29) is 5.56 Å². The molecular weight excluding hydrogens is 227 g/mol. The Balaban J connectivity index is 2.14. The molecule has 18 heavy (non-hydrogen) atoms. The molecule has 0 amide bonds. The molecule has 0 aliphatic carbocycles. The zero-order valence-corrected chi connectivity index (χ0v) is 10.6. The van der Waals surface area contributed by atoms with Gasteiger partial charge in [0.1, 0.15) is 11.9 Å². The van der Waals surface area contributed by atoms with E-state index in [1.54, 1.807) is 12.1 Å². The first-order valence-electron chi connectivity index (χ1n) is 6.36. The van der Waals surface area contributed by atoms with Gasteiger partial charge in [0.05, 0.1) is 5.56 Å². The van der Waals surface area contributed by atoms with Crippen LogP contribution in [0.4, 0.5) is 4.39 Å². The third kappa shape index (κ3) is 2.70. The fourth-order valence-electron chi connectivity index (χ4n) is 2.31. The van der Waals surface area contributed by atoms with E-state index in [1.165, 1.54) is 6.07 Å². The third-order valence-corrected chi connectivity index (χ3v) is 3.31. The minimum Gasteiger partial charge on any atom is -0.378 e. The van der Waals surface area contributed by atoms with E-state index in [4.69, 9.17) is 5.26 Å². The van der Waals surface area contributed by atoms with Crippen LogP contribution in [-0.4, -0.2) is 18.0 Å². The lowest BCUT2D eigenvalue weighted by Crippen LogP contribution is -2.24. The van der Waals surface area contributed by atoms with Crippen LogP contribution in [0.25, 0.3) is 0 Å². The van der Waals surface area contributed by atoms with Crippen molar-refractivity contribution in [1.29, 1.82) is 5.26 Å². The van der Waals surface area contributed by atoms with Crippen LogP contribution in [0.1, 0.15) is 36.8 Å². The van der Waals surface area contributed by atoms with Crippen LogP contribution in [0.5, 0.6) is 0 Å². The molecule has 0 bridgehead atoms. The molecule has 0 saturated heterocycles. The Hall–Kier alpha value is -1.82. The molecule has 0 aromatic heterocycles. The van der Waals surface area contributed by atoms with Gasteiger partial charge in [-0.25, -0.2) is 4.39 Å². The van der Waals surface area contributed by atoms with Gasteiger partial charge in [-0.3, -0.25) is 0 Å². The van der Waals surface area contributed by atoms with Crippen LogP contribution in [0, 0.1) is 17.1 Å². The van der Waals surface area contributed by atoms with E-state index in [2.05, 4.69) is 24.1 Å². The molecule has 94 valence electrons. The maximum absolute atomic E-state index is 13.3. The summed E-state index contributed by atoms with van der Waals surface area (Å²) < 4.78 is 13.3. The second kappa shape index (κ2) is 5.68. The quantitative estimate of drug-likeness (QED) is 0.814. The Morgan fingerprint density at radius 2 is 2.33 bits per heavy atom. The predicted molar refractivity (Wildman–Crippen MR) is 69.5 cm³/mol. The number of hydrogen-bond acceptors (Lipinski definition) is 2. The first-order valence-corrected chi connectivity index (χ1v) is 6.36. The van der Waals surface area contributed by atoms with Crippen LogP contribution in [-0.2, 0) is 0 Å². The maximum Gasteiger partial charge on any atom is 0.140 e. The molecule has 2 rings (SSSR count). The van der Waals surface area contributed by atoms with E-state index in [0.717, 1.165) is 31.5 Å². The molecule has 1 heterocycles. The van der Waals surface area contributed by atoms with Gasteiger partial charge in [0.25, 0.3) is 0 Å². The van der Waals surface area contributed by atoms with E-state index in [0.29, 0.717) is 5.92 Å². The van der Waals surface area contributed by atoms with Gasteiger partial charge in [0.2, 0.25) is 0 Å². The number of nitriles is 1. The van der Waals surface area contributed by atoms with Crippen molar-refractivity contribution in [1.82, 2.24) is 4.90 Å². The van der Waals surface area contributed by atoms with Crippen molar-refractivity contribution in [3.05, 3.63) is 47.4 Å². The summed E-state index contributed by atoms with van der Waals surface area (Å²) in [4.78, 5) is 2.30. The van der Waals surface area contributed by atoms with Crippen LogP contribution in [0.15, 0.2) is 30.5 Å². The minimum absolute atomic E-state index is 0.136. The van der Waals surface area contributed by atoms with Gasteiger partial charge in [-0.05, 0) is 36.7 Å². The summed E-state index contributed by atoms with van der Waals surface area (Å²) in [7, 11) is 0. The summed E-state index contributed by atoms with van der Waals surface area (Å²) in [5.41, 5.74) is 1.16. The molecular formula is C15H17FN2. The van der Waals surface area contributed by atoms with Gasteiger partial charge in [0.15, 0.2) is 0 Å². The number of halogens is 1. The van der Waals surface area contributed by atoms with Crippen molar-refractivity contribution in [2.24, 2.45) is 0 Å². The number of benzene rings is 1. The molecule has 2 nitrogen and oxygen atoms in total. The van der Waals surface area contributed by atoms with Gasteiger partial charge < -0.3 is 4.90 Å². The molecule has 1 aromatic carbocycles. The first kappa shape index (κ1) is 12.6. The molecule has 0 spiro atoms. The van der Waals surface area contributed by atoms with Gasteiger partial charge in [0, 0.05) is 19.0 Å². The second-order valence-corrected chi connectivity index (χ2v) is 4.62. The van der Waals surface area contributed by atoms with Crippen molar-refractivity contribution in [3.63, 3.8) is 0 Å². The number of allylic oxidation sites excluding steroid dienone is 1. The zero-order chi connectivity index (χ0) is 13.0. The van der Waals surface area contributed by atoms with Gasteiger partial charge in [-0.1, -0.05) is 19.1 Å². The van der Waals surface area contributed by atoms with Crippen LogP contribution >= 0.6 is 0 Å². The van der Waals surface area contributed by atoms with Gasteiger partial charge >= 0.3 is 0 Å². The van der Waals surface area contributed by atoms with Crippen LogP contribution in [0.3, 0.4) is 0 Å². The highest BCUT2D eigenvalue weighted by Crippen LogP contribution is 2.26. The molecule has 1 aliphatic heterocycles. The number of nitrogens with zero attached hydrogens (tertiary/aromatic N) is 2. The van der Waals surface area contributed by atoms with Gasteiger partial charge in [-0.15, -0.1) is 0 Å². The molecule has 1 aliphatic rings. The Morgan fingerprint density at radius 3 is 2.94 bits per heavy atom. The topological polar surface area (TPSA) is 27.0 Å². The van der Waals surface area contributed by atoms with Crippen molar-refractivity contribution in [3.8, 4) is 6.07 Å². The number of rotatable bonds is 3. The van der Waals surface area contributed by atoms with E-state index in [1.807, 2.05) is 6.07 Å². The maximum atomic E-state index is 13.3. The van der Waals surface area contributed by atoms with Gasteiger partial charge in [-0.2, -0.15) is 5.26 Å². The summed E-state index contributed by atoms with van der Waals surface area (Å²) in [5.74, 6) is -0.139. The average molecular weight is 244 g/mol. The van der Waals surface area contributed by atoms with Crippen molar-refractivity contribution in [2.75, 3.05) is 13.1 Å². The normalized spacial score (nSPS) is 18.7. The van der Waals surface area contributed by atoms with Crippen LogP contribution < -0.4 is 0 Å². The SMILES string of the molecule is CCCN1C=CC(c2ccc(F)c(C#N)c2)CC1. The summed E-state index contributed by atoms with van der Waals surface area (Å²) in [6, 6.07) is 6.73. The lowest BCUT2D eigenvalue weighted by Gasteiger charge is -2.27. The lowest BCUT2D eigenvalue weighted by molar-refractivity contribution is 0.344. The van der Waals surface area contributed by atoms with E-state index in [9.17, 15) is 4.39 Å². The molecule has 1 aromatic rings. The molecule has 1 unspecified atom stereocenters. The molecule has 3 heteroatoms. The van der Waals surface area contributed by atoms with Crippen molar-refractivity contribution < 1.29 is 4.39 Å². The molecule has 0 fully saturated rings. The lowest BCUT2D eigenvalue weighted by atomic mass is 9.92. The van der Waals surface area contributed by atoms with Crippen molar-refractivity contribution >= 4 is 0 Å². The van der Waals surface area contributed by atoms with Crippen LogP contribution in [0.2, 0.25) is 0 Å². The highest BCUT2D eigenvalue weighted by Gasteiger charge is 2.15. The fraction of sp³-hybridized carbons (Fsp3) is 0.400. The molecule has 0 N–H and O–H groups in total. The Kier molecular flexibility index (Phi) is 3.99. The largest absolute Gasteiger partial charge is 0.378 e. The summed E-state index contributed by atoms with van der Waals surface area (Å²) in [6.45, 7) is 4.27. The summed E-state index contributed by atoms with van der Waals surface area (Å²) in [6.07, 6.45) is 6.43. The smallest absolute Gasteiger partial charge is 0.140 e. The minimum atomic E-state index is -0.436. The zero-order valence-electron chi connectivity index (χ0n) is 10.6. The summed E-state index contributed by atoms with van der Waals surface area (Å²) in [5, 5.41) is 8.84. The fourth-order valence-corrected chi connectivity index (χ4v) is 2.31. The summed E-state index contributed by atoms with van der Waals surface area (Å²) >= 11 is 0. The highest BCUT2D eigenvalue weighted by molar-refractivity contribution is 5.37. The molecule has 0 radical (unpaired) electrons. The Bertz CT molecular complexity index is 488. The average Bonchev–Trinajstić information content (AvgIpc) is 2.41. The van der Waals surface area contributed by atoms with E-state index < -0.39 is 5.82 Å². The second-order valence-electron chi connectivity index (χ2n) is 4.62.